The summed E-state index contributed by atoms with van der Waals surface area (Å²) in [5.41, 5.74) is -0.557. The number of halogens is 5. The molecule has 2 aromatic carbocycles. The van der Waals surface area contributed by atoms with Crippen molar-refractivity contribution in [2.24, 2.45) is 0 Å². The van der Waals surface area contributed by atoms with E-state index in [4.69, 9.17) is 11.6 Å². The quantitative estimate of drug-likeness (QED) is 0.580. The van der Waals surface area contributed by atoms with Gasteiger partial charge in [-0.3, -0.25) is 4.79 Å². The summed E-state index contributed by atoms with van der Waals surface area (Å²) in [6.07, 6.45) is -4.61. The molecular weight excluding hydrogens is 308 g/mol. The van der Waals surface area contributed by atoms with Crippen LogP contribution in [0.5, 0.6) is 0 Å². The second kappa shape index (κ2) is 5.85. The van der Waals surface area contributed by atoms with Crippen molar-refractivity contribution in [2.45, 2.75) is 12.6 Å². The topological polar surface area (TPSA) is 17.1 Å². The molecule has 0 aromatic heterocycles. The molecule has 0 saturated heterocycles. The van der Waals surface area contributed by atoms with Crippen LogP contribution in [-0.4, -0.2) is 5.78 Å². The number of benzene rings is 2. The van der Waals surface area contributed by atoms with Crippen molar-refractivity contribution in [3.63, 3.8) is 0 Å². The maximum atomic E-state index is 13.6. The van der Waals surface area contributed by atoms with E-state index < -0.39 is 23.3 Å². The Labute approximate surface area is 123 Å². The Morgan fingerprint density at radius 2 is 1.67 bits per heavy atom. The van der Waals surface area contributed by atoms with Crippen LogP contribution in [0.1, 0.15) is 21.5 Å². The number of carbonyl (C=O) groups is 1. The molecule has 0 amide bonds. The summed E-state index contributed by atoms with van der Waals surface area (Å²) < 4.78 is 50.8. The zero-order valence-electron chi connectivity index (χ0n) is 10.5. The molecule has 0 atom stereocenters. The van der Waals surface area contributed by atoms with Gasteiger partial charge in [-0.1, -0.05) is 23.7 Å². The molecule has 0 unspecified atom stereocenters. The Hall–Kier alpha value is -1.88. The molecule has 0 saturated carbocycles. The highest BCUT2D eigenvalue weighted by atomic mass is 35.5. The molecule has 0 heterocycles. The van der Waals surface area contributed by atoms with Crippen LogP contribution in [0.4, 0.5) is 17.6 Å². The van der Waals surface area contributed by atoms with Crippen LogP contribution in [0.15, 0.2) is 42.5 Å². The van der Waals surface area contributed by atoms with E-state index in [0.29, 0.717) is 5.56 Å². The highest BCUT2D eigenvalue weighted by Gasteiger charge is 2.30. The SMILES string of the molecule is O=C(Cc1ccc(C(F)(F)F)cc1)c1ccc(Cl)cc1F. The Morgan fingerprint density at radius 1 is 1.05 bits per heavy atom. The predicted octanol–water partition coefficient (Wildman–Crippen LogP) is 4.92. The highest BCUT2D eigenvalue weighted by molar-refractivity contribution is 6.30. The fraction of sp³-hybridized carbons (Fsp3) is 0.133. The molecule has 2 rings (SSSR count). The summed E-state index contributed by atoms with van der Waals surface area (Å²) >= 11 is 5.58. The van der Waals surface area contributed by atoms with Crippen molar-refractivity contribution >= 4 is 17.4 Å². The van der Waals surface area contributed by atoms with Gasteiger partial charge in [0.25, 0.3) is 0 Å². The first kappa shape index (κ1) is 15.5. The molecule has 1 nitrogen and oxygen atoms in total. The van der Waals surface area contributed by atoms with E-state index >= 15 is 0 Å². The molecule has 6 heteroatoms. The summed E-state index contributed by atoms with van der Waals surface area (Å²) in [5.74, 6) is -1.27. The molecule has 2 aromatic rings. The van der Waals surface area contributed by atoms with E-state index in [1.807, 2.05) is 0 Å². The van der Waals surface area contributed by atoms with Crippen molar-refractivity contribution in [3.8, 4) is 0 Å². The Bertz CT molecular complexity index is 662. The normalized spacial score (nSPS) is 11.5. The summed E-state index contributed by atoms with van der Waals surface area (Å²) in [5, 5.41) is 0.165. The molecule has 0 N–H and O–H groups in total. The Morgan fingerprint density at radius 3 is 2.19 bits per heavy atom. The zero-order chi connectivity index (χ0) is 15.6. The van der Waals surface area contributed by atoms with Gasteiger partial charge in [-0.25, -0.2) is 4.39 Å². The first-order valence-corrected chi connectivity index (χ1v) is 6.29. The molecule has 0 aliphatic heterocycles. The van der Waals surface area contributed by atoms with Gasteiger partial charge in [-0.2, -0.15) is 13.2 Å². The summed E-state index contributed by atoms with van der Waals surface area (Å²) in [6, 6.07) is 7.83. The van der Waals surface area contributed by atoms with Gasteiger partial charge in [-0.05, 0) is 35.9 Å². The van der Waals surface area contributed by atoms with Gasteiger partial charge in [0, 0.05) is 11.4 Å². The highest BCUT2D eigenvalue weighted by Crippen LogP contribution is 2.29. The molecule has 110 valence electrons. The van der Waals surface area contributed by atoms with Crippen LogP contribution >= 0.6 is 11.6 Å². The lowest BCUT2D eigenvalue weighted by atomic mass is 10.0. The van der Waals surface area contributed by atoms with Crippen molar-refractivity contribution < 1.29 is 22.4 Å². The fourth-order valence-corrected chi connectivity index (χ4v) is 1.97. The minimum absolute atomic E-state index is 0.140. The maximum Gasteiger partial charge on any atom is 0.416 e. The third-order valence-corrected chi connectivity index (χ3v) is 3.11. The van der Waals surface area contributed by atoms with Crippen molar-refractivity contribution in [2.75, 3.05) is 0 Å². The second-order valence-corrected chi connectivity index (χ2v) is 4.86. The summed E-state index contributed by atoms with van der Waals surface area (Å²) in [4.78, 5) is 11.9. The summed E-state index contributed by atoms with van der Waals surface area (Å²) in [7, 11) is 0. The number of hydrogen-bond donors (Lipinski definition) is 0. The first-order valence-electron chi connectivity index (χ1n) is 5.92. The molecule has 0 radical (unpaired) electrons. The number of Topliss-reactive ketones (excluding diaryl/α,β-unsaturated/α-hetero) is 1. The van der Waals surface area contributed by atoms with Gasteiger partial charge >= 0.3 is 6.18 Å². The van der Waals surface area contributed by atoms with Crippen molar-refractivity contribution in [3.05, 3.63) is 70.0 Å². The van der Waals surface area contributed by atoms with Crippen LogP contribution in [0.2, 0.25) is 5.02 Å². The molecular formula is C15H9ClF4O. The minimum Gasteiger partial charge on any atom is -0.294 e. The van der Waals surface area contributed by atoms with Crippen LogP contribution in [0, 0.1) is 5.82 Å². The Balaban J connectivity index is 2.16. The zero-order valence-corrected chi connectivity index (χ0v) is 11.3. The average Bonchev–Trinajstić information content (AvgIpc) is 2.38. The molecule has 0 aliphatic rings. The van der Waals surface area contributed by atoms with E-state index in [2.05, 4.69) is 0 Å². The smallest absolute Gasteiger partial charge is 0.294 e. The fourth-order valence-electron chi connectivity index (χ4n) is 1.81. The first-order chi connectivity index (χ1) is 9.77. The monoisotopic (exact) mass is 316 g/mol. The van der Waals surface area contributed by atoms with Crippen LogP contribution in [0.3, 0.4) is 0 Å². The lowest BCUT2D eigenvalue weighted by Gasteiger charge is -2.07. The van der Waals surface area contributed by atoms with Crippen LogP contribution in [-0.2, 0) is 12.6 Å². The molecule has 0 spiro atoms. The molecule has 0 aliphatic carbocycles. The van der Waals surface area contributed by atoms with E-state index in [0.717, 1.165) is 18.2 Å². The Kier molecular flexibility index (Phi) is 4.32. The van der Waals surface area contributed by atoms with E-state index in [1.54, 1.807) is 0 Å². The van der Waals surface area contributed by atoms with Gasteiger partial charge in [-0.15, -0.1) is 0 Å². The van der Waals surface area contributed by atoms with Crippen LogP contribution < -0.4 is 0 Å². The van der Waals surface area contributed by atoms with Gasteiger partial charge in [0.1, 0.15) is 5.82 Å². The van der Waals surface area contributed by atoms with E-state index in [9.17, 15) is 22.4 Å². The van der Waals surface area contributed by atoms with Crippen molar-refractivity contribution in [1.29, 1.82) is 0 Å². The average molecular weight is 317 g/mol. The van der Waals surface area contributed by atoms with Gasteiger partial charge in [0.2, 0.25) is 0 Å². The largest absolute Gasteiger partial charge is 0.416 e. The van der Waals surface area contributed by atoms with E-state index in [-0.39, 0.29) is 17.0 Å². The van der Waals surface area contributed by atoms with Crippen LogP contribution in [0.25, 0.3) is 0 Å². The standard InChI is InChI=1S/C15H9ClF4O/c16-11-5-6-12(13(17)8-11)14(21)7-9-1-3-10(4-2-9)15(18,19)20/h1-6,8H,7H2. The molecule has 0 bridgehead atoms. The van der Waals surface area contributed by atoms with Gasteiger partial charge in [0.05, 0.1) is 11.1 Å². The van der Waals surface area contributed by atoms with Crippen molar-refractivity contribution in [1.82, 2.24) is 0 Å². The van der Waals surface area contributed by atoms with Gasteiger partial charge < -0.3 is 0 Å². The third kappa shape index (κ3) is 3.82. The predicted molar refractivity (Wildman–Crippen MR) is 70.9 cm³/mol. The number of alkyl halides is 3. The number of ketones is 1. The molecule has 21 heavy (non-hydrogen) atoms. The maximum absolute atomic E-state index is 13.6. The number of hydrogen-bond acceptors (Lipinski definition) is 1. The lowest BCUT2D eigenvalue weighted by Crippen LogP contribution is -2.08. The van der Waals surface area contributed by atoms with Gasteiger partial charge in [0.15, 0.2) is 5.78 Å². The summed E-state index contributed by atoms with van der Waals surface area (Å²) in [6.45, 7) is 0. The third-order valence-electron chi connectivity index (χ3n) is 2.88. The number of rotatable bonds is 3. The lowest BCUT2D eigenvalue weighted by molar-refractivity contribution is -0.137. The second-order valence-electron chi connectivity index (χ2n) is 4.42. The number of carbonyl (C=O) groups excluding carboxylic acids is 1. The molecule has 0 fully saturated rings. The van der Waals surface area contributed by atoms with E-state index in [1.165, 1.54) is 24.3 Å². The minimum atomic E-state index is -4.43.